The van der Waals surface area contributed by atoms with Crippen LogP contribution in [0, 0.1) is 29.1 Å². The number of aliphatic hydroxyl groups is 1. The molecule has 2 rings (SSSR count). The molecule has 1 amide bonds. The van der Waals surface area contributed by atoms with E-state index in [1.807, 2.05) is 0 Å². The van der Waals surface area contributed by atoms with Crippen LogP contribution in [0.25, 0.3) is 0 Å². The van der Waals surface area contributed by atoms with Gasteiger partial charge in [-0.2, -0.15) is 0 Å². The number of hydrogen-bond acceptors (Lipinski definition) is 6. The SMILES string of the molecule is O=C(CCCP(=O)(O)[C@H](O)c1c(F)c(F)c(F)c(F)c1F)OCNC(=O)OCc1ccccc1. The van der Waals surface area contributed by atoms with Crippen LogP contribution in [0.2, 0.25) is 0 Å². The molecule has 0 aliphatic carbocycles. The molecule has 0 spiro atoms. The lowest BCUT2D eigenvalue weighted by Crippen LogP contribution is -2.28. The van der Waals surface area contributed by atoms with E-state index in [0.29, 0.717) is 0 Å². The van der Waals surface area contributed by atoms with E-state index in [-0.39, 0.29) is 6.61 Å². The number of aliphatic hydroxyl groups excluding tert-OH is 1. The standard InChI is InChI=1S/C20H19F5NO7P/c21-14-13(15(22)17(24)18(25)16(14)23)19(28)34(30,31)8-4-7-12(27)33-10-26-20(29)32-9-11-5-2-1-3-6-11/h1-3,5-6,19,28H,4,7-10H2,(H,26,29)(H,30,31)/t19-/m0/s1. The second-order valence-corrected chi connectivity index (χ2v) is 9.29. The highest BCUT2D eigenvalue weighted by Gasteiger charge is 2.38. The Kier molecular flexibility index (Phi) is 9.54. The van der Waals surface area contributed by atoms with Crippen LogP contribution in [0.1, 0.15) is 29.8 Å². The number of alkyl carbamates (subject to hydrolysis) is 1. The third kappa shape index (κ3) is 6.99. The number of carbonyl (C=O) groups is 2. The van der Waals surface area contributed by atoms with Gasteiger partial charge >= 0.3 is 12.1 Å². The minimum Gasteiger partial charge on any atom is -0.445 e. The summed E-state index contributed by atoms with van der Waals surface area (Å²) < 4.78 is 88.9. The van der Waals surface area contributed by atoms with Crippen molar-refractivity contribution in [3.8, 4) is 0 Å². The average molecular weight is 511 g/mol. The lowest BCUT2D eigenvalue weighted by molar-refractivity contribution is -0.144. The molecule has 2 atom stereocenters. The summed E-state index contributed by atoms with van der Waals surface area (Å²) in [7, 11) is -4.93. The van der Waals surface area contributed by atoms with Crippen LogP contribution >= 0.6 is 7.37 Å². The molecule has 14 heteroatoms. The zero-order valence-electron chi connectivity index (χ0n) is 17.3. The Hall–Kier alpha value is -3.02. The van der Waals surface area contributed by atoms with Crippen molar-refractivity contribution in [2.45, 2.75) is 25.3 Å². The molecule has 34 heavy (non-hydrogen) atoms. The molecule has 3 N–H and O–H groups in total. The molecule has 8 nitrogen and oxygen atoms in total. The van der Waals surface area contributed by atoms with Gasteiger partial charge in [0.05, 0.1) is 5.56 Å². The van der Waals surface area contributed by atoms with E-state index in [2.05, 4.69) is 10.1 Å². The van der Waals surface area contributed by atoms with E-state index in [4.69, 9.17) is 4.74 Å². The zero-order valence-corrected chi connectivity index (χ0v) is 18.2. The largest absolute Gasteiger partial charge is 0.445 e. The number of ether oxygens (including phenoxy) is 2. The molecule has 0 fully saturated rings. The number of amides is 1. The van der Waals surface area contributed by atoms with E-state index in [1.54, 1.807) is 30.3 Å². The van der Waals surface area contributed by atoms with Crippen molar-refractivity contribution in [3.05, 3.63) is 70.5 Å². The van der Waals surface area contributed by atoms with Gasteiger partial charge in [0.15, 0.2) is 35.8 Å². The van der Waals surface area contributed by atoms with E-state index < -0.39 is 85.7 Å². The maximum absolute atomic E-state index is 13.8. The Bertz CT molecular complexity index is 1060. The summed E-state index contributed by atoms with van der Waals surface area (Å²) in [5.74, 6) is -16.0. The maximum atomic E-state index is 13.8. The van der Waals surface area contributed by atoms with Gasteiger partial charge in [-0.05, 0) is 12.0 Å². The predicted molar refractivity (Wildman–Crippen MR) is 106 cm³/mol. The minimum atomic E-state index is -4.93. The summed E-state index contributed by atoms with van der Waals surface area (Å²) in [5, 5.41) is 11.9. The first kappa shape index (κ1) is 27.2. The zero-order chi connectivity index (χ0) is 25.5. The van der Waals surface area contributed by atoms with Crippen LogP contribution in [-0.2, 0) is 25.4 Å². The number of carbonyl (C=O) groups excluding carboxylic acids is 2. The lowest BCUT2D eigenvalue weighted by atomic mass is 10.2. The summed E-state index contributed by atoms with van der Waals surface area (Å²) in [6.45, 7) is -0.617. The van der Waals surface area contributed by atoms with Crippen molar-refractivity contribution in [2.75, 3.05) is 12.9 Å². The van der Waals surface area contributed by atoms with Gasteiger partial charge in [0.25, 0.3) is 0 Å². The number of esters is 1. The minimum absolute atomic E-state index is 0.0300. The van der Waals surface area contributed by atoms with E-state index in [9.17, 15) is 46.1 Å². The number of rotatable bonds is 10. The Morgan fingerprint density at radius 3 is 2.09 bits per heavy atom. The summed E-state index contributed by atoms with van der Waals surface area (Å²) >= 11 is 0. The van der Waals surface area contributed by atoms with Crippen LogP contribution in [0.5, 0.6) is 0 Å². The second kappa shape index (κ2) is 11.9. The van der Waals surface area contributed by atoms with E-state index >= 15 is 0 Å². The predicted octanol–water partition coefficient (Wildman–Crippen LogP) is 3.85. The van der Waals surface area contributed by atoms with E-state index in [0.717, 1.165) is 5.56 Å². The normalized spacial score (nSPS) is 13.6. The first-order valence-corrected chi connectivity index (χ1v) is 11.5. The van der Waals surface area contributed by atoms with Gasteiger partial charge in [-0.3, -0.25) is 14.7 Å². The molecule has 0 saturated carbocycles. The van der Waals surface area contributed by atoms with Crippen molar-refractivity contribution >= 4 is 19.4 Å². The van der Waals surface area contributed by atoms with Gasteiger partial charge in [-0.1, -0.05) is 30.3 Å². The Morgan fingerprint density at radius 1 is 0.941 bits per heavy atom. The number of halogens is 5. The fraction of sp³-hybridized carbons (Fsp3) is 0.300. The van der Waals surface area contributed by atoms with Crippen molar-refractivity contribution in [3.63, 3.8) is 0 Å². The molecule has 186 valence electrons. The molecule has 2 aromatic carbocycles. The number of nitrogens with one attached hydrogen (secondary N) is 1. The van der Waals surface area contributed by atoms with Gasteiger partial charge in [-0.25, -0.2) is 26.7 Å². The van der Waals surface area contributed by atoms with Gasteiger partial charge in [0.1, 0.15) is 6.61 Å². The smallest absolute Gasteiger partial charge is 0.410 e. The van der Waals surface area contributed by atoms with Crippen LogP contribution in [0.4, 0.5) is 26.7 Å². The molecule has 0 heterocycles. The Morgan fingerprint density at radius 2 is 1.50 bits per heavy atom. The van der Waals surface area contributed by atoms with Gasteiger partial charge in [-0.15, -0.1) is 0 Å². The molecule has 0 aliphatic heterocycles. The van der Waals surface area contributed by atoms with Crippen molar-refractivity contribution < 1.29 is 55.6 Å². The van der Waals surface area contributed by atoms with Crippen LogP contribution in [0.3, 0.4) is 0 Å². The highest BCUT2D eigenvalue weighted by Crippen LogP contribution is 2.55. The summed E-state index contributed by atoms with van der Waals surface area (Å²) in [5.41, 5.74) is -1.13. The van der Waals surface area contributed by atoms with Crippen molar-refractivity contribution in [1.29, 1.82) is 0 Å². The summed E-state index contributed by atoms with van der Waals surface area (Å²) in [6.07, 6.45) is -2.76. The average Bonchev–Trinajstić information content (AvgIpc) is 2.80. The van der Waals surface area contributed by atoms with Gasteiger partial charge in [0, 0.05) is 12.6 Å². The van der Waals surface area contributed by atoms with Gasteiger partial charge < -0.3 is 19.5 Å². The molecule has 0 aromatic heterocycles. The topological polar surface area (TPSA) is 122 Å². The third-order valence-corrected chi connectivity index (χ3v) is 6.39. The molecule has 0 radical (unpaired) electrons. The fourth-order valence-corrected chi connectivity index (χ4v) is 4.13. The highest BCUT2D eigenvalue weighted by molar-refractivity contribution is 7.58. The molecular formula is C20H19F5NO7P. The molecular weight excluding hydrogens is 492 g/mol. The summed E-state index contributed by atoms with van der Waals surface area (Å²) in [6, 6.07) is 8.70. The first-order valence-electron chi connectivity index (χ1n) is 9.56. The second-order valence-electron chi connectivity index (χ2n) is 6.84. The van der Waals surface area contributed by atoms with Crippen molar-refractivity contribution in [1.82, 2.24) is 5.32 Å². The molecule has 0 bridgehead atoms. The highest BCUT2D eigenvalue weighted by atomic mass is 31.2. The number of benzene rings is 2. The monoisotopic (exact) mass is 511 g/mol. The first-order chi connectivity index (χ1) is 16.0. The number of hydrogen-bond donors (Lipinski definition) is 3. The van der Waals surface area contributed by atoms with Crippen molar-refractivity contribution in [2.24, 2.45) is 0 Å². The molecule has 0 aliphatic rings. The fourth-order valence-electron chi connectivity index (χ4n) is 2.64. The lowest BCUT2D eigenvalue weighted by Gasteiger charge is -2.20. The third-order valence-electron chi connectivity index (χ3n) is 4.41. The quantitative estimate of drug-likeness (QED) is 0.111. The van der Waals surface area contributed by atoms with Crippen LogP contribution in [0.15, 0.2) is 30.3 Å². The van der Waals surface area contributed by atoms with Gasteiger partial charge in [0.2, 0.25) is 13.2 Å². The van der Waals surface area contributed by atoms with Crippen LogP contribution in [-0.4, -0.2) is 35.0 Å². The summed E-state index contributed by atoms with van der Waals surface area (Å²) in [4.78, 5) is 33.0. The van der Waals surface area contributed by atoms with Crippen LogP contribution < -0.4 is 5.32 Å². The van der Waals surface area contributed by atoms with E-state index in [1.165, 1.54) is 0 Å². The Balaban J connectivity index is 1.79. The molecule has 2 aromatic rings. The maximum Gasteiger partial charge on any atom is 0.410 e. The Labute approximate surface area is 189 Å². The molecule has 1 unspecified atom stereocenters. The molecule has 0 saturated heterocycles.